The fraction of sp³-hybridized carbons (Fsp3) is 0.133. The Balaban J connectivity index is 2.05. The second-order valence-electron chi connectivity index (χ2n) is 3.82. The lowest BCUT2D eigenvalue weighted by Crippen LogP contribution is -2.08. The van der Waals surface area contributed by atoms with E-state index in [0.717, 1.165) is 5.56 Å². The number of ether oxygens (including phenoxy) is 1. The van der Waals surface area contributed by atoms with Gasteiger partial charge in [0.1, 0.15) is 6.10 Å². The van der Waals surface area contributed by atoms with Crippen LogP contribution in [0.1, 0.15) is 28.9 Å². The van der Waals surface area contributed by atoms with E-state index in [-0.39, 0.29) is 12.1 Å². The standard InChI is InChI=1S/C15H14O2/c1-12(13-8-4-2-5-9-13)17-15(16)14-10-6-3-7-11-14/h2-12H,1H3. The van der Waals surface area contributed by atoms with Gasteiger partial charge in [-0.15, -0.1) is 0 Å². The Morgan fingerprint density at radius 3 is 2.06 bits per heavy atom. The van der Waals surface area contributed by atoms with E-state index in [2.05, 4.69) is 0 Å². The molecule has 0 fully saturated rings. The Morgan fingerprint density at radius 1 is 0.941 bits per heavy atom. The van der Waals surface area contributed by atoms with Crippen LogP contribution in [0, 0.1) is 0 Å². The summed E-state index contributed by atoms with van der Waals surface area (Å²) in [6.07, 6.45) is -0.232. The fourth-order valence-electron chi connectivity index (χ4n) is 1.59. The minimum atomic E-state index is -0.290. The molecule has 2 aromatic rings. The van der Waals surface area contributed by atoms with Gasteiger partial charge in [-0.05, 0) is 24.6 Å². The summed E-state index contributed by atoms with van der Waals surface area (Å²) in [4.78, 5) is 11.8. The van der Waals surface area contributed by atoms with Crippen LogP contribution in [-0.2, 0) is 4.74 Å². The molecule has 2 nitrogen and oxygen atoms in total. The molecule has 0 aromatic heterocycles. The number of benzene rings is 2. The minimum absolute atomic E-state index is 0.232. The molecule has 0 radical (unpaired) electrons. The maximum atomic E-state index is 11.8. The highest BCUT2D eigenvalue weighted by atomic mass is 16.5. The van der Waals surface area contributed by atoms with Crippen LogP contribution >= 0.6 is 0 Å². The van der Waals surface area contributed by atoms with E-state index in [1.807, 2.05) is 55.5 Å². The number of carbonyl (C=O) groups is 1. The van der Waals surface area contributed by atoms with Gasteiger partial charge in [0.2, 0.25) is 0 Å². The van der Waals surface area contributed by atoms with E-state index in [4.69, 9.17) is 4.74 Å². The first-order chi connectivity index (χ1) is 8.27. The average molecular weight is 226 g/mol. The Bertz CT molecular complexity index is 477. The number of rotatable bonds is 3. The van der Waals surface area contributed by atoms with Crippen LogP contribution in [0.15, 0.2) is 60.7 Å². The maximum absolute atomic E-state index is 11.8. The van der Waals surface area contributed by atoms with Crippen LogP contribution in [0.3, 0.4) is 0 Å². The third-order valence-electron chi connectivity index (χ3n) is 2.56. The van der Waals surface area contributed by atoms with Gasteiger partial charge in [-0.2, -0.15) is 0 Å². The zero-order chi connectivity index (χ0) is 12.1. The first kappa shape index (κ1) is 11.4. The van der Waals surface area contributed by atoms with Crippen LogP contribution in [0.5, 0.6) is 0 Å². The van der Waals surface area contributed by atoms with Crippen LogP contribution in [-0.4, -0.2) is 5.97 Å². The van der Waals surface area contributed by atoms with Crippen LogP contribution in [0.25, 0.3) is 0 Å². The van der Waals surface area contributed by atoms with Crippen molar-refractivity contribution in [3.8, 4) is 0 Å². The molecule has 0 spiro atoms. The van der Waals surface area contributed by atoms with Gasteiger partial charge < -0.3 is 4.74 Å². The molecule has 0 saturated heterocycles. The summed E-state index contributed by atoms with van der Waals surface area (Å²) in [7, 11) is 0. The maximum Gasteiger partial charge on any atom is 0.338 e. The predicted molar refractivity (Wildman–Crippen MR) is 66.7 cm³/mol. The molecular weight excluding hydrogens is 212 g/mol. The number of carbonyl (C=O) groups excluding carboxylic acids is 1. The van der Waals surface area contributed by atoms with E-state index in [9.17, 15) is 4.79 Å². The Morgan fingerprint density at radius 2 is 1.47 bits per heavy atom. The fourth-order valence-corrected chi connectivity index (χ4v) is 1.59. The number of esters is 1. The quantitative estimate of drug-likeness (QED) is 0.747. The molecule has 0 aliphatic rings. The SMILES string of the molecule is CC(OC(=O)c1ccccc1)c1ccccc1. The average Bonchev–Trinajstić information content (AvgIpc) is 2.40. The molecule has 2 heteroatoms. The van der Waals surface area contributed by atoms with Crippen molar-refractivity contribution in [2.75, 3.05) is 0 Å². The van der Waals surface area contributed by atoms with Crippen molar-refractivity contribution >= 4 is 5.97 Å². The third-order valence-corrected chi connectivity index (χ3v) is 2.56. The summed E-state index contributed by atoms with van der Waals surface area (Å²) in [5, 5.41) is 0. The van der Waals surface area contributed by atoms with Gasteiger partial charge in [0, 0.05) is 0 Å². The largest absolute Gasteiger partial charge is 0.454 e. The monoisotopic (exact) mass is 226 g/mol. The molecule has 0 heterocycles. The highest BCUT2D eigenvalue weighted by Gasteiger charge is 2.12. The summed E-state index contributed by atoms with van der Waals surface area (Å²) in [5.74, 6) is -0.290. The Kier molecular flexibility index (Phi) is 3.55. The molecule has 2 rings (SSSR count). The summed E-state index contributed by atoms with van der Waals surface area (Å²) in [6, 6.07) is 18.7. The first-order valence-corrected chi connectivity index (χ1v) is 5.58. The zero-order valence-corrected chi connectivity index (χ0v) is 9.67. The van der Waals surface area contributed by atoms with Gasteiger partial charge in [0.15, 0.2) is 0 Å². The molecule has 0 amide bonds. The molecule has 17 heavy (non-hydrogen) atoms. The van der Waals surface area contributed by atoms with Crippen LogP contribution in [0.4, 0.5) is 0 Å². The number of hydrogen-bond acceptors (Lipinski definition) is 2. The molecule has 0 aliphatic carbocycles. The molecular formula is C15H14O2. The van der Waals surface area contributed by atoms with Gasteiger partial charge in [-0.25, -0.2) is 4.79 Å². The second kappa shape index (κ2) is 5.30. The van der Waals surface area contributed by atoms with Gasteiger partial charge in [0.25, 0.3) is 0 Å². The molecule has 0 aliphatic heterocycles. The summed E-state index contributed by atoms with van der Waals surface area (Å²) in [6.45, 7) is 1.87. The van der Waals surface area contributed by atoms with Crippen LogP contribution < -0.4 is 0 Å². The van der Waals surface area contributed by atoms with E-state index >= 15 is 0 Å². The van der Waals surface area contributed by atoms with Crippen molar-refractivity contribution in [1.82, 2.24) is 0 Å². The molecule has 0 saturated carbocycles. The lowest BCUT2D eigenvalue weighted by molar-refractivity contribution is 0.0338. The van der Waals surface area contributed by atoms with E-state index in [0.29, 0.717) is 5.56 Å². The third kappa shape index (κ3) is 2.94. The molecule has 1 atom stereocenters. The van der Waals surface area contributed by atoms with Crippen LogP contribution in [0.2, 0.25) is 0 Å². The molecule has 0 N–H and O–H groups in total. The molecule has 86 valence electrons. The minimum Gasteiger partial charge on any atom is -0.454 e. The van der Waals surface area contributed by atoms with Gasteiger partial charge in [-0.3, -0.25) is 0 Å². The smallest absolute Gasteiger partial charge is 0.338 e. The Labute approximate surface area is 101 Å². The van der Waals surface area contributed by atoms with Crippen molar-refractivity contribution in [1.29, 1.82) is 0 Å². The molecule has 2 aromatic carbocycles. The number of hydrogen-bond donors (Lipinski definition) is 0. The summed E-state index contributed by atoms with van der Waals surface area (Å²) in [5.41, 5.74) is 1.58. The van der Waals surface area contributed by atoms with Gasteiger partial charge in [0.05, 0.1) is 5.56 Å². The zero-order valence-electron chi connectivity index (χ0n) is 9.67. The molecule has 1 unspecified atom stereocenters. The van der Waals surface area contributed by atoms with Crippen molar-refractivity contribution in [3.63, 3.8) is 0 Å². The highest BCUT2D eigenvalue weighted by Crippen LogP contribution is 2.17. The van der Waals surface area contributed by atoms with Gasteiger partial charge in [-0.1, -0.05) is 48.5 Å². The highest BCUT2D eigenvalue weighted by molar-refractivity contribution is 5.89. The van der Waals surface area contributed by atoms with E-state index < -0.39 is 0 Å². The first-order valence-electron chi connectivity index (χ1n) is 5.58. The van der Waals surface area contributed by atoms with Crippen molar-refractivity contribution in [2.45, 2.75) is 13.0 Å². The van der Waals surface area contributed by atoms with Crippen molar-refractivity contribution < 1.29 is 9.53 Å². The van der Waals surface area contributed by atoms with Crippen molar-refractivity contribution in [3.05, 3.63) is 71.8 Å². The van der Waals surface area contributed by atoms with Crippen molar-refractivity contribution in [2.24, 2.45) is 0 Å². The van der Waals surface area contributed by atoms with Gasteiger partial charge >= 0.3 is 5.97 Å². The second-order valence-corrected chi connectivity index (χ2v) is 3.82. The van der Waals surface area contributed by atoms with E-state index in [1.54, 1.807) is 12.1 Å². The lowest BCUT2D eigenvalue weighted by Gasteiger charge is -2.13. The topological polar surface area (TPSA) is 26.3 Å². The normalized spacial score (nSPS) is 11.8. The summed E-state index contributed by atoms with van der Waals surface area (Å²) < 4.78 is 5.38. The summed E-state index contributed by atoms with van der Waals surface area (Å²) >= 11 is 0. The predicted octanol–water partition coefficient (Wildman–Crippen LogP) is 3.60. The molecule has 0 bridgehead atoms. The lowest BCUT2D eigenvalue weighted by atomic mass is 10.1. The Hall–Kier alpha value is -2.09. The van der Waals surface area contributed by atoms with E-state index in [1.165, 1.54) is 0 Å².